The average molecular weight is 376 g/mol. The van der Waals surface area contributed by atoms with Crippen LogP contribution in [0.5, 0.6) is 0 Å². The number of hydrogen-bond acceptors (Lipinski definition) is 5. The van der Waals surface area contributed by atoms with Crippen molar-refractivity contribution >= 4 is 16.1 Å². The molecule has 1 aliphatic carbocycles. The van der Waals surface area contributed by atoms with Gasteiger partial charge in [-0.1, -0.05) is 13.0 Å². The maximum absolute atomic E-state index is 12.8. The average Bonchev–Trinajstić information content (AvgIpc) is 3.26. The van der Waals surface area contributed by atoms with Crippen LogP contribution in [-0.2, 0) is 22.7 Å². The van der Waals surface area contributed by atoms with E-state index in [9.17, 15) is 26.1 Å². The Morgan fingerprint density at radius 3 is 2.44 bits per heavy atom. The van der Waals surface area contributed by atoms with Crippen LogP contribution in [0.4, 0.5) is 19.1 Å². The largest absolute Gasteiger partial charge is 0.453 e. The van der Waals surface area contributed by atoms with Crippen LogP contribution in [0.3, 0.4) is 0 Å². The maximum atomic E-state index is 12.8. The molecule has 0 bridgehead atoms. The van der Waals surface area contributed by atoms with E-state index in [0.717, 1.165) is 23.6 Å². The molecule has 3 rings (SSSR count). The van der Waals surface area contributed by atoms with Crippen LogP contribution in [-0.4, -0.2) is 27.7 Å². The summed E-state index contributed by atoms with van der Waals surface area (Å²) in [5.41, 5.74) is 6.59. The summed E-state index contributed by atoms with van der Waals surface area (Å²) in [7, 11) is -4.55. The third-order valence-corrected chi connectivity index (χ3v) is 4.91. The Balaban J connectivity index is 2.24. The lowest BCUT2D eigenvalue weighted by molar-refractivity contribution is -0.144. The van der Waals surface area contributed by atoms with Crippen LogP contribution >= 0.6 is 0 Å². The first kappa shape index (κ1) is 17.7. The highest BCUT2D eigenvalue weighted by molar-refractivity contribution is 7.85. The van der Waals surface area contributed by atoms with Gasteiger partial charge in [0, 0.05) is 0 Å². The van der Waals surface area contributed by atoms with Crippen molar-refractivity contribution in [2.24, 2.45) is 0 Å². The first-order valence-electron chi connectivity index (χ1n) is 7.46. The minimum atomic E-state index is -4.79. The third-order valence-electron chi connectivity index (χ3n) is 4.00. The van der Waals surface area contributed by atoms with Crippen molar-refractivity contribution in [3.05, 3.63) is 29.1 Å². The van der Waals surface area contributed by atoms with E-state index in [1.54, 1.807) is 13.0 Å². The number of anilines is 1. The van der Waals surface area contributed by atoms with Gasteiger partial charge in [-0.05, 0) is 42.4 Å². The van der Waals surface area contributed by atoms with E-state index in [4.69, 9.17) is 5.73 Å². The molecule has 1 fully saturated rings. The number of aromatic nitrogens is 3. The Bertz CT molecular complexity index is 934. The zero-order valence-corrected chi connectivity index (χ0v) is 13.9. The Labute approximate surface area is 141 Å². The topological polar surface area (TPSA) is 111 Å². The molecular formula is C14H15F3N4O3S. The van der Waals surface area contributed by atoms with E-state index >= 15 is 0 Å². The van der Waals surface area contributed by atoms with Gasteiger partial charge in [0.05, 0.1) is 10.6 Å². The van der Waals surface area contributed by atoms with Crippen LogP contribution in [0.25, 0.3) is 5.69 Å². The van der Waals surface area contributed by atoms with Gasteiger partial charge < -0.3 is 5.73 Å². The summed E-state index contributed by atoms with van der Waals surface area (Å²) in [5, 5.41) is 3.35. The molecule has 7 nitrogen and oxygen atoms in total. The molecule has 0 unspecified atom stereocenters. The lowest BCUT2D eigenvalue weighted by Gasteiger charge is -2.14. The van der Waals surface area contributed by atoms with Gasteiger partial charge in [0.2, 0.25) is 5.95 Å². The molecule has 11 heteroatoms. The Morgan fingerprint density at radius 2 is 2.00 bits per heavy atom. The molecule has 0 amide bonds. The van der Waals surface area contributed by atoms with Crippen molar-refractivity contribution in [2.75, 3.05) is 5.73 Å². The fourth-order valence-electron chi connectivity index (χ4n) is 2.67. The number of nitrogens with two attached hydrogens (primary N) is 1. The normalized spacial score (nSPS) is 15.6. The smallest absolute Gasteiger partial charge is 0.368 e. The van der Waals surface area contributed by atoms with Crippen molar-refractivity contribution in [1.29, 1.82) is 0 Å². The molecule has 0 saturated heterocycles. The Morgan fingerprint density at radius 1 is 1.36 bits per heavy atom. The Hall–Kier alpha value is -2.14. The molecule has 1 aromatic carbocycles. The van der Waals surface area contributed by atoms with Gasteiger partial charge in [-0.3, -0.25) is 4.55 Å². The second-order valence-corrected chi connectivity index (χ2v) is 7.21. The van der Waals surface area contributed by atoms with E-state index in [1.807, 2.05) is 0 Å². The maximum Gasteiger partial charge on any atom is 0.453 e. The first-order chi connectivity index (χ1) is 11.5. The van der Waals surface area contributed by atoms with Crippen molar-refractivity contribution < 1.29 is 26.1 Å². The van der Waals surface area contributed by atoms with E-state index in [-0.39, 0.29) is 16.5 Å². The van der Waals surface area contributed by atoms with Gasteiger partial charge in [-0.15, -0.1) is 5.10 Å². The summed E-state index contributed by atoms with van der Waals surface area (Å²) in [6, 6.07) is 2.68. The summed E-state index contributed by atoms with van der Waals surface area (Å²) in [6.07, 6.45) is -2.81. The number of hydrogen-bond donors (Lipinski definition) is 2. The second kappa shape index (κ2) is 5.70. The highest BCUT2D eigenvalue weighted by Gasteiger charge is 2.37. The van der Waals surface area contributed by atoms with E-state index in [2.05, 4.69) is 10.1 Å². The van der Waals surface area contributed by atoms with Crippen LogP contribution in [0, 0.1) is 0 Å². The van der Waals surface area contributed by atoms with Gasteiger partial charge in [-0.2, -0.15) is 31.3 Å². The van der Waals surface area contributed by atoms with Crippen LogP contribution in [0.15, 0.2) is 17.0 Å². The monoisotopic (exact) mass is 376 g/mol. The zero-order chi connectivity index (χ0) is 18.6. The standard InChI is InChI=1S/C14H15F3N4O3S/c1-2-7-5-9(8-3-4-8)11(25(22,23)24)6-10(7)21-13(18)19-12(20-21)14(15,16)17/h5-6,8H,2-4H2,1H3,(H2,18,19,20)(H,22,23,24). The molecule has 0 atom stereocenters. The fraction of sp³-hybridized carbons (Fsp3) is 0.429. The third kappa shape index (κ3) is 3.33. The predicted octanol–water partition coefficient (Wildman–Crippen LogP) is 2.55. The van der Waals surface area contributed by atoms with Gasteiger partial charge in [0.25, 0.3) is 15.9 Å². The van der Waals surface area contributed by atoms with E-state index in [1.165, 1.54) is 0 Å². The molecule has 25 heavy (non-hydrogen) atoms. The molecule has 1 aromatic heterocycles. The SMILES string of the molecule is CCc1cc(C2CC2)c(S(=O)(=O)O)cc1-n1nc(C(F)(F)F)nc1N. The number of nitrogen functional groups attached to an aromatic ring is 1. The Kier molecular flexibility index (Phi) is 4.03. The lowest BCUT2D eigenvalue weighted by Crippen LogP contribution is -2.11. The van der Waals surface area contributed by atoms with Gasteiger partial charge >= 0.3 is 6.18 Å². The highest BCUT2D eigenvalue weighted by Crippen LogP contribution is 2.44. The minimum absolute atomic E-state index is 0.00936. The molecule has 136 valence electrons. The molecule has 2 aromatic rings. The zero-order valence-electron chi connectivity index (χ0n) is 13.1. The molecule has 0 spiro atoms. The number of alkyl halides is 3. The summed E-state index contributed by atoms with van der Waals surface area (Å²) in [6.45, 7) is 1.76. The molecule has 3 N–H and O–H groups in total. The molecule has 1 saturated carbocycles. The van der Waals surface area contributed by atoms with Gasteiger partial charge in [0.1, 0.15) is 0 Å². The number of rotatable bonds is 4. The van der Waals surface area contributed by atoms with Crippen molar-refractivity contribution in [2.45, 2.75) is 43.2 Å². The second-order valence-electron chi connectivity index (χ2n) is 5.82. The van der Waals surface area contributed by atoms with Crippen LogP contribution in [0.2, 0.25) is 0 Å². The summed E-state index contributed by atoms with van der Waals surface area (Å²) >= 11 is 0. The van der Waals surface area contributed by atoms with Crippen molar-refractivity contribution in [3.63, 3.8) is 0 Å². The summed E-state index contributed by atoms with van der Waals surface area (Å²) in [4.78, 5) is 2.85. The first-order valence-corrected chi connectivity index (χ1v) is 8.90. The molecule has 1 heterocycles. The number of aryl methyl sites for hydroxylation is 1. The highest BCUT2D eigenvalue weighted by atomic mass is 32.2. The van der Waals surface area contributed by atoms with Gasteiger partial charge in [0.15, 0.2) is 0 Å². The summed E-state index contributed by atoms with van der Waals surface area (Å²) < 4.78 is 72.1. The lowest BCUT2D eigenvalue weighted by atomic mass is 10.0. The molecule has 0 aliphatic heterocycles. The molecule has 1 aliphatic rings. The fourth-order valence-corrected chi connectivity index (χ4v) is 3.46. The van der Waals surface area contributed by atoms with Gasteiger partial charge in [-0.25, -0.2) is 0 Å². The van der Waals surface area contributed by atoms with Crippen LogP contribution in [0.1, 0.15) is 42.6 Å². The molecule has 0 radical (unpaired) electrons. The molecular weight excluding hydrogens is 361 g/mol. The minimum Gasteiger partial charge on any atom is -0.368 e. The van der Waals surface area contributed by atoms with Crippen LogP contribution < -0.4 is 5.73 Å². The van der Waals surface area contributed by atoms with E-state index in [0.29, 0.717) is 17.5 Å². The van der Waals surface area contributed by atoms with E-state index < -0.39 is 28.1 Å². The number of benzene rings is 1. The number of halogens is 3. The predicted molar refractivity (Wildman–Crippen MR) is 81.9 cm³/mol. The summed E-state index contributed by atoms with van der Waals surface area (Å²) in [5.74, 6) is -1.94. The number of nitrogens with zero attached hydrogens (tertiary/aromatic N) is 3. The van der Waals surface area contributed by atoms with Crippen molar-refractivity contribution in [3.8, 4) is 5.69 Å². The van der Waals surface area contributed by atoms with Crippen molar-refractivity contribution in [1.82, 2.24) is 14.8 Å². The quantitative estimate of drug-likeness (QED) is 0.794.